The number of hydrogen-bond acceptors (Lipinski definition) is 2. The minimum atomic E-state index is -0.394. The zero-order valence-electron chi connectivity index (χ0n) is 7.65. The van der Waals surface area contributed by atoms with Crippen LogP contribution in [0.3, 0.4) is 0 Å². The highest BCUT2D eigenvalue weighted by molar-refractivity contribution is 7.99. The maximum atomic E-state index is 13.5. The number of aromatic nitrogens is 1. The van der Waals surface area contributed by atoms with Gasteiger partial charge in [-0.15, -0.1) is 0 Å². The molecule has 1 aromatic heterocycles. The maximum Gasteiger partial charge on any atom is 0.155 e. The van der Waals surface area contributed by atoms with Gasteiger partial charge in [0.1, 0.15) is 5.03 Å². The van der Waals surface area contributed by atoms with E-state index < -0.39 is 5.82 Å². The summed E-state index contributed by atoms with van der Waals surface area (Å²) in [7, 11) is 0. The molecule has 0 aliphatic rings. The van der Waals surface area contributed by atoms with E-state index in [0.29, 0.717) is 4.90 Å². The molecule has 1 nitrogen and oxygen atoms in total. The van der Waals surface area contributed by atoms with Gasteiger partial charge in [0.25, 0.3) is 0 Å². The maximum absolute atomic E-state index is 13.5. The Kier molecular flexibility index (Phi) is 3.23. The number of halogens is 2. The normalized spacial score (nSPS) is 10.3. The van der Waals surface area contributed by atoms with E-state index in [2.05, 4.69) is 4.98 Å². The molecule has 2 aromatic rings. The number of hydrogen-bond donors (Lipinski definition) is 0. The minimum absolute atomic E-state index is 0.135. The van der Waals surface area contributed by atoms with E-state index in [9.17, 15) is 4.39 Å². The van der Waals surface area contributed by atoms with Gasteiger partial charge in [-0.05, 0) is 24.3 Å². The SMILES string of the molecule is Fc1c(Cl)cccc1Sc1ccccn1. The van der Waals surface area contributed by atoms with Gasteiger partial charge in [-0.25, -0.2) is 9.37 Å². The molecule has 0 aliphatic heterocycles. The Bertz CT molecular complexity index is 461. The molecule has 2 rings (SSSR count). The quantitative estimate of drug-likeness (QED) is 0.785. The van der Waals surface area contributed by atoms with Gasteiger partial charge in [-0.2, -0.15) is 0 Å². The van der Waals surface area contributed by atoms with Gasteiger partial charge in [-0.1, -0.05) is 35.5 Å². The van der Waals surface area contributed by atoms with Gasteiger partial charge >= 0.3 is 0 Å². The van der Waals surface area contributed by atoms with Gasteiger partial charge in [-0.3, -0.25) is 0 Å². The molecule has 4 heteroatoms. The molecule has 0 unspecified atom stereocenters. The molecule has 0 bridgehead atoms. The Morgan fingerprint density at radius 1 is 1.13 bits per heavy atom. The van der Waals surface area contributed by atoms with Gasteiger partial charge in [0, 0.05) is 6.20 Å². The Morgan fingerprint density at radius 2 is 2.00 bits per heavy atom. The first-order valence-corrected chi connectivity index (χ1v) is 5.50. The first-order valence-electron chi connectivity index (χ1n) is 4.30. The van der Waals surface area contributed by atoms with E-state index in [1.165, 1.54) is 17.8 Å². The average molecular weight is 240 g/mol. The molecule has 0 saturated carbocycles. The average Bonchev–Trinajstić information content (AvgIpc) is 2.26. The van der Waals surface area contributed by atoms with Crippen molar-refractivity contribution in [1.29, 1.82) is 0 Å². The lowest BCUT2D eigenvalue weighted by molar-refractivity contribution is 0.602. The highest BCUT2D eigenvalue weighted by Gasteiger charge is 2.07. The fourth-order valence-corrected chi connectivity index (χ4v) is 2.15. The highest BCUT2D eigenvalue weighted by Crippen LogP contribution is 2.30. The van der Waals surface area contributed by atoms with E-state index in [1.54, 1.807) is 18.3 Å². The summed E-state index contributed by atoms with van der Waals surface area (Å²) in [6, 6.07) is 10.4. The molecule has 0 amide bonds. The summed E-state index contributed by atoms with van der Waals surface area (Å²) in [4.78, 5) is 4.59. The van der Waals surface area contributed by atoms with Crippen LogP contribution in [0.1, 0.15) is 0 Å². The number of benzene rings is 1. The van der Waals surface area contributed by atoms with Gasteiger partial charge in [0.2, 0.25) is 0 Å². The summed E-state index contributed by atoms with van der Waals surface area (Å²) < 4.78 is 13.5. The molecular formula is C11H7ClFNS. The second-order valence-electron chi connectivity index (χ2n) is 2.82. The van der Waals surface area contributed by atoms with Crippen LogP contribution in [0, 0.1) is 5.82 Å². The van der Waals surface area contributed by atoms with E-state index >= 15 is 0 Å². The molecule has 0 aliphatic carbocycles. The second kappa shape index (κ2) is 4.64. The summed E-state index contributed by atoms with van der Waals surface area (Å²) >= 11 is 6.93. The molecular weight excluding hydrogens is 233 g/mol. The van der Waals surface area contributed by atoms with Gasteiger partial charge < -0.3 is 0 Å². The fraction of sp³-hybridized carbons (Fsp3) is 0. The third-order valence-corrected chi connectivity index (χ3v) is 3.05. The third kappa shape index (κ3) is 2.49. The van der Waals surface area contributed by atoms with Crippen LogP contribution in [0.15, 0.2) is 52.5 Å². The lowest BCUT2D eigenvalue weighted by Crippen LogP contribution is -1.83. The van der Waals surface area contributed by atoms with Crippen molar-refractivity contribution in [3.63, 3.8) is 0 Å². The van der Waals surface area contributed by atoms with E-state index in [1.807, 2.05) is 18.2 Å². The van der Waals surface area contributed by atoms with Gasteiger partial charge in [0.15, 0.2) is 5.82 Å². The van der Waals surface area contributed by atoms with Crippen molar-refractivity contribution < 1.29 is 4.39 Å². The molecule has 0 fully saturated rings. The summed E-state index contributed by atoms with van der Waals surface area (Å²) in [6.45, 7) is 0. The van der Waals surface area contributed by atoms with Crippen LogP contribution in [-0.2, 0) is 0 Å². The summed E-state index contributed by atoms with van der Waals surface area (Å²) in [5.74, 6) is -0.394. The number of nitrogens with zero attached hydrogens (tertiary/aromatic N) is 1. The standard InChI is InChI=1S/C11H7ClFNS/c12-8-4-3-5-9(11(8)13)15-10-6-1-2-7-14-10/h1-7H. The van der Waals surface area contributed by atoms with Crippen molar-refractivity contribution in [2.24, 2.45) is 0 Å². The lowest BCUT2D eigenvalue weighted by atomic mass is 10.3. The molecule has 1 heterocycles. The van der Waals surface area contributed by atoms with Crippen molar-refractivity contribution in [2.45, 2.75) is 9.92 Å². The van der Waals surface area contributed by atoms with Crippen LogP contribution in [0.4, 0.5) is 4.39 Å². The number of rotatable bonds is 2. The second-order valence-corrected chi connectivity index (χ2v) is 4.29. The molecule has 76 valence electrons. The molecule has 15 heavy (non-hydrogen) atoms. The highest BCUT2D eigenvalue weighted by atomic mass is 35.5. The van der Waals surface area contributed by atoms with Crippen LogP contribution >= 0.6 is 23.4 Å². The zero-order valence-corrected chi connectivity index (χ0v) is 9.23. The van der Waals surface area contributed by atoms with Crippen LogP contribution in [0.2, 0.25) is 5.02 Å². The van der Waals surface area contributed by atoms with E-state index in [-0.39, 0.29) is 5.02 Å². The minimum Gasteiger partial charge on any atom is -0.250 e. The molecule has 0 atom stereocenters. The molecule has 0 saturated heterocycles. The summed E-state index contributed by atoms with van der Waals surface area (Å²) in [5.41, 5.74) is 0. The zero-order chi connectivity index (χ0) is 10.7. The number of pyridine rings is 1. The van der Waals surface area contributed by atoms with E-state index in [0.717, 1.165) is 5.03 Å². The third-order valence-electron chi connectivity index (χ3n) is 1.77. The summed E-state index contributed by atoms with van der Waals surface area (Å²) in [5, 5.41) is 0.884. The summed E-state index contributed by atoms with van der Waals surface area (Å²) in [6.07, 6.45) is 1.67. The predicted octanol–water partition coefficient (Wildman–Crippen LogP) is 4.03. The lowest BCUT2D eigenvalue weighted by Gasteiger charge is -2.02. The van der Waals surface area contributed by atoms with Crippen LogP contribution < -0.4 is 0 Å². The van der Waals surface area contributed by atoms with Crippen molar-refractivity contribution >= 4 is 23.4 Å². The first-order chi connectivity index (χ1) is 7.27. The fourth-order valence-electron chi connectivity index (χ4n) is 1.08. The Balaban J connectivity index is 2.29. The topological polar surface area (TPSA) is 12.9 Å². The molecule has 0 spiro atoms. The van der Waals surface area contributed by atoms with Gasteiger partial charge in [0.05, 0.1) is 9.92 Å². The molecule has 1 aromatic carbocycles. The van der Waals surface area contributed by atoms with Crippen molar-refractivity contribution in [1.82, 2.24) is 4.98 Å². The predicted molar refractivity (Wildman–Crippen MR) is 59.8 cm³/mol. The van der Waals surface area contributed by atoms with Crippen LogP contribution in [0.5, 0.6) is 0 Å². The first kappa shape index (κ1) is 10.5. The van der Waals surface area contributed by atoms with Crippen LogP contribution in [-0.4, -0.2) is 4.98 Å². The smallest absolute Gasteiger partial charge is 0.155 e. The Hall–Kier alpha value is -1.06. The Labute approximate surface area is 96.3 Å². The molecule has 0 radical (unpaired) electrons. The molecule has 0 N–H and O–H groups in total. The van der Waals surface area contributed by atoms with Crippen LogP contribution in [0.25, 0.3) is 0 Å². The Morgan fingerprint density at radius 3 is 2.73 bits per heavy atom. The van der Waals surface area contributed by atoms with Crippen molar-refractivity contribution in [3.8, 4) is 0 Å². The monoisotopic (exact) mass is 239 g/mol. The van der Waals surface area contributed by atoms with E-state index in [4.69, 9.17) is 11.6 Å². The van der Waals surface area contributed by atoms with Crippen molar-refractivity contribution in [2.75, 3.05) is 0 Å². The van der Waals surface area contributed by atoms with Crippen molar-refractivity contribution in [3.05, 3.63) is 53.4 Å². The largest absolute Gasteiger partial charge is 0.250 e.